The molecule has 0 unspecified atom stereocenters. The molecule has 0 aromatic heterocycles. The number of hydrogen-bond donors (Lipinski definition) is 1. The van der Waals surface area contributed by atoms with Gasteiger partial charge in [0.15, 0.2) is 0 Å². The summed E-state index contributed by atoms with van der Waals surface area (Å²) in [6, 6.07) is 5.46. The van der Waals surface area contributed by atoms with Gasteiger partial charge < -0.3 is 11.0 Å². The van der Waals surface area contributed by atoms with Crippen molar-refractivity contribution in [3.8, 4) is 0 Å². The zero-order valence-corrected chi connectivity index (χ0v) is 6.28. The Balaban J connectivity index is 0. The Hall–Kier alpha value is -0.995. The van der Waals surface area contributed by atoms with E-state index in [1.165, 1.54) is 0 Å². The fourth-order valence-electron chi connectivity index (χ4n) is 0.699. The van der Waals surface area contributed by atoms with Crippen LogP contribution in [0.15, 0.2) is 18.2 Å². The summed E-state index contributed by atoms with van der Waals surface area (Å²) in [7, 11) is 5.53. The monoisotopic (exact) mass is 151 g/mol. The third-order valence-electron chi connectivity index (χ3n) is 1.29. The molecule has 0 aliphatic rings. The molecule has 4 heteroatoms. The number of anilines is 1. The van der Waals surface area contributed by atoms with E-state index in [0.29, 0.717) is 0 Å². The predicted octanol–water partition coefficient (Wildman–Crippen LogP) is 0.0174. The molecule has 0 saturated carbocycles. The molecule has 0 spiro atoms. The van der Waals surface area contributed by atoms with Gasteiger partial charge in [0, 0.05) is 0 Å². The van der Waals surface area contributed by atoms with E-state index < -0.39 is 0 Å². The standard InChI is InChI=1S/C7H8BN.2H2O/c1-5-4-6(9)2-3-7(5)8;;/h2-4H,9H2,1H3;2*1H2/q+2;;/p-2. The van der Waals surface area contributed by atoms with Crippen molar-refractivity contribution in [2.45, 2.75) is 6.92 Å². The van der Waals surface area contributed by atoms with Crippen molar-refractivity contribution >= 4 is 19.0 Å². The Morgan fingerprint density at radius 3 is 2.18 bits per heavy atom. The van der Waals surface area contributed by atoms with Crippen molar-refractivity contribution in [2.75, 3.05) is 5.73 Å². The van der Waals surface area contributed by atoms with Gasteiger partial charge in [-0.2, -0.15) is 0 Å². The van der Waals surface area contributed by atoms with Crippen LogP contribution in [-0.2, 0) is 0 Å². The van der Waals surface area contributed by atoms with Crippen LogP contribution in [0.4, 0.5) is 5.69 Å². The van der Waals surface area contributed by atoms with Crippen LogP contribution in [-0.4, -0.2) is 18.8 Å². The van der Waals surface area contributed by atoms with Crippen molar-refractivity contribution in [1.82, 2.24) is 0 Å². The molecular formula is C7H10BNO2. The minimum absolute atomic E-state index is 0. The molecule has 0 atom stereocenters. The van der Waals surface area contributed by atoms with E-state index >= 15 is 0 Å². The predicted molar refractivity (Wildman–Crippen MR) is 44.9 cm³/mol. The van der Waals surface area contributed by atoms with Crippen LogP contribution in [0.3, 0.4) is 0 Å². The second-order valence-electron chi connectivity index (χ2n) is 2.12. The maximum absolute atomic E-state index is 5.53. The van der Waals surface area contributed by atoms with Gasteiger partial charge in [-0.1, -0.05) is 0 Å². The molecular weight excluding hydrogens is 141 g/mol. The Morgan fingerprint density at radius 1 is 1.27 bits per heavy atom. The van der Waals surface area contributed by atoms with Crippen molar-refractivity contribution < 1.29 is 11.0 Å². The minimum atomic E-state index is 0. The Morgan fingerprint density at radius 2 is 1.82 bits per heavy atom. The molecule has 58 valence electrons. The van der Waals surface area contributed by atoms with E-state index in [-0.39, 0.29) is 11.0 Å². The van der Waals surface area contributed by atoms with Crippen LogP contribution in [0.2, 0.25) is 0 Å². The van der Waals surface area contributed by atoms with E-state index in [1.54, 1.807) is 6.07 Å². The molecule has 1 rings (SSSR count). The molecule has 1 aromatic rings. The van der Waals surface area contributed by atoms with Crippen LogP contribution in [0.5, 0.6) is 0 Å². The summed E-state index contributed by atoms with van der Waals surface area (Å²) >= 11 is 0. The van der Waals surface area contributed by atoms with Gasteiger partial charge in [0.1, 0.15) is 0 Å². The summed E-state index contributed by atoms with van der Waals surface area (Å²) in [6.07, 6.45) is 0. The average Bonchev–Trinajstić information content (AvgIpc) is 1.80. The first-order valence-corrected chi connectivity index (χ1v) is 2.82. The van der Waals surface area contributed by atoms with E-state index in [4.69, 9.17) is 13.6 Å². The quantitative estimate of drug-likeness (QED) is 0.418. The molecule has 0 radical (unpaired) electrons. The van der Waals surface area contributed by atoms with Gasteiger partial charge in [-0.3, -0.25) is 0 Å². The third-order valence-corrected chi connectivity index (χ3v) is 1.29. The fourth-order valence-corrected chi connectivity index (χ4v) is 0.699. The van der Waals surface area contributed by atoms with Gasteiger partial charge >= 0.3 is 55.4 Å². The number of benzene rings is 1. The van der Waals surface area contributed by atoms with Crippen molar-refractivity contribution in [3.05, 3.63) is 23.8 Å². The Bertz CT molecular complexity index is 228. The van der Waals surface area contributed by atoms with Gasteiger partial charge in [0.2, 0.25) is 0 Å². The van der Waals surface area contributed by atoms with Crippen LogP contribution < -0.4 is 11.2 Å². The van der Waals surface area contributed by atoms with E-state index in [1.807, 2.05) is 19.1 Å². The molecule has 0 fully saturated rings. The second kappa shape index (κ2) is 4.76. The molecule has 0 saturated heterocycles. The molecule has 1 aromatic carbocycles. The first kappa shape index (κ1) is 12.7. The third kappa shape index (κ3) is 3.07. The van der Waals surface area contributed by atoms with Gasteiger partial charge in [-0.25, -0.2) is 0 Å². The van der Waals surface area contributed by atoms with Crippen molar-refractivity contribution in [3.63, 3.8) is 0 Å². The summed E-state index contributed by atoms with van der Waals surface area (Å²) in [5.74, 6) is 0. The van der Waals surface area contributed by atoms with Gasteiger partial charge in [0.05, 0.1) is 0 Å². The molecule has 0 aliphatic carbocycles. The maximum atomic E-state index is 5.53. The zero-order valence-electron chi connectivity index (χ0n) is 6.28. The fraction of sp³-hybridized carbons (Fsp3) is 0.143. The number of rotatable bonds is 0. The molecule has 0 amide bonds. The largest absolute Gasteiger partial charge is 0.870 e. The topological polar surface area (TPSA) is 86.0 Å². The van der Waals surface area contributed by atoms with E-state index in [9.17, 15) is 0 Å². The number of aryl methyl sites for hydroxylation is 1. The van der Waals surface area contributed by atoms with Crippen LogP contribution >= 0.6 is 0 Å². The summed E-state index contributed by atoms with van der Waals surface area (Å²) in [6.45, 7) is 1.94. The van der Waals surface area contributed by atoms with Gasteiger partial charge in [0.25, 0.3) is 0 Å². The SMILES string of the molecule is [B+2]c1ccc(N)cc1C.[OH-].[OH-]. The molecule has 11 heavy (non-hydrogen) atoms. The molecule has 0 heterocycles. The molecule has 4 N–H and O–H groups in total. The normalized spacial score (nSPS) is 7.91. The zero-order chi connectivity index (χ0) is 6.85. The van der Waals surface area contributed by atoms with E-state index in [0.717, 1.165) is 16.7 Å². The Labute approximate surface area is 67.2 Å². The first-order valence-electron chi connectivity index (χ1n) is 2.82. The average molecular weight is 151 g/mol. The number of hydrogen-bond acceptors (Lipinski definition) is 3. The number of nitrogen functional groups attached to an aromatic ring is 1. The van der Waals surface area contributed by atoms with Crippen LogP contribution in [0.1, 0.15) is 5.56 Å². The van der Waals surface area contributed by atoms with E-state index in [2.05, 4.69) is 0 Å². The van der Waals surface area contributed by atoms with Crippen LogP contribution in [0, 0.1) is 6.92 Å². The second-order valence-corrected chi connectivity index (χ2v) is 2.12. The minimum Gasteiger partial charge on any atom is -0.870 e. The summed E-state index contributed by atoms with van der Waals surface area (Å²) in [4.78, 5) is 0. The van der Waals surface area contributed by atoms with Crippen molar-refractivity contribution in [2.24, 2.45) is 0 Å². The molecule has 3 nitrogen and oxygen atoms in total. The summed E-state index contributed by atoms with van der Waals surface area (Å²) in [5, 5.41) is 0. The van der Waals surface area contributed by atoms with Crippen LogP contribution in [0.25, 0.3) is 0 Å². The first-order chi connectivity index (χ1) is 4.20. The maximum Gasteiger partial charge on any atom is -0.870 e. The summed E-state index contributed by atoms with van der Waals surface area (Å²) < 4.78 is 0. The van der Waals surface area contributed by atoms with Gasteiger partial charge in [-0.15, -0.1) is 0 Å². The van der Waals surface area contributed by atoms with Crippen molar-refractivity contribution in [1.29, 1.82) is 0 Å². The Kier molecular flexibility index (Phi) is 5.48. The summed E-state index contributed by atoms with van der Waals surface area (Å²) in [5.41, 5.74) is 8.07. The molecule has 0 aliphatic heterocycles. The number of nitrogens with two attached hydrogens (primary N) is 1. The van der Waals surface area contributed by atoms with Gasteiger partial charge in [-0.05, 0) is 0 Å². The smallest absolute Gasteiger partial charge is 0.870 e. The molecule has 0 bridgehead atoms.